The van der Waals surface area contributed by atoms with Crippen LogP contribution in [0.5, 0.6) is 5.75 Å². The molecule has 158 valence electrons. The molecule has 1 unspecified atom stereocenters. The van der Waals surface area contributed by atoms with Gasteiger partial charge in [0.05, 0.1) is 18.3 Å². The number of likely N-dealkylation sites (tertiary alicyclic amines) is 1. The van der Waals surface area contributed by atoms with Gasteiger partial charge in [0.15, 0.2) is 0 Å². The molecule has 2 amide bonds. The van der Waals surface area contributed by atoms with E-state index in [4.69, 9.17) is 4.74 Å². The van der Waals surface area contributed by atoms with Crippen LogP contribution in [0.1, 0.15) is 16.8 Å². The molecule has 0 aliphatic carbocycles. The van der Waals surface area contributed by atoms with E-state index in [2.05, 4.69) is 27.2 Å². The first kappa shape index (κ1) is 20.3. The van der Waals surface area contributed by atoms with Crippen molar-refractivity contribution in [1.82, 2.24) is 14.9 Å². The van der Waals surface area contributed by atoms with Gasteiger partial charge in [-0.1, -0.05) is 24.8 Å². The summed E-state index contributed by atoms with van der Waals surface area (Å²) >= 11 is 0. The lowest BCUT2D eigenvalue weighted by atomic mass is 10.1. The van der Waals surface area contributed by atoms with E-state index in [1.54, 1.807) is 29.3 Å². The van der Waals surface area contributed by atoms with E-state index in [0.29, 0.717) is 36.0 Å². The predicted octanol–water partition coefficient (Wildman–Crippen LogP) is 3.09. The molecule has 8 nitrogen and oxygen atoms in total. The summed E-state index contributed by atoms with van der Waals surface area (Å²) in [7, 11) is 1.49. The third-order valence-electron chi connectivity index (χ3n) is 5.19. The van der Waals surface area contributed by atoms with Crippen LogP contribution in [0.4, 0.5) is 11.6 Å². The fourth-order valence-corrected chi connectivity index (χ4v) is 3.58. The minimum atomic E-state index is -0.346. The number of nitrogens with one attached hydrogen (secondary N) is 2. The highest BCUT2D eigenvalue weighted by molar-refractivity contribution is 6.01. The minimum Gasteiger partial charge on any atom is -0.495 e. The first-order valence-electron chi connectivity index (χ1n) is 9.96. The Morgan fingerprint density at radius 1 is 1.26 bits per heavy atom. The molecule has 1 atom stereocenters. The molecular formula is C23H23N5O3. The van der Waals surface area contributed by atoms with Gasteiger partial charge in [-0.2, -0.15) is 0 Å². The lowest BCUT2D eigenvalue weighted by molar-refractivity contribution is -0.111. The van der Waals surface area contributed by atoms with Gasteiger partial charge in [0.25, 0.3) is 5.91 Å². The van der Waals surface area contributed by atoms with Crippen LogP contribution in [0.3, 0.4) is 0 Å². The number of benzene rings is 2. The van der Waals surface area contributed by atoms with Gasteiger partial charge in [-0.15, -0.1) is 0 Å². The van der Waals surface area contributed by atoms with Crippen molar-refractivity contribution in [1.29, 1.82) is 0 Å². The van der Waals surface area contributed by atoms with Crippen LogP contribution in [-0.2, 0) is 4.79 Å². The molecule has 8 heteroatoms. The summed E-state index contributed by atoms with van der Waals surface area (Å²) in [5.41, 5.74) is 1.86. The van der Waals surface area contributed by atoms with Crippen molar-refractivity contribution >= 4 is 34.4 Å². The Labute approximate surface area is 179 Å². The molecule has 2 heterocycles. The lowest BCUT2D eigenvalue weighted by Crippen LogP contribution is -2.31. The van der Waals surface area contributed by atoms with E-state index in [-0.39, 0.29) is 17.9 Å². The number of para-hydroxylation sites is 1. The van der Waals surface area contributed by atoms with Crippen LogP contribution in [-0.4, -0.2) is 52.9 Å². The summed E-state index contributed by atoms with van der Waals surface area (Å²) in [5.74, 6) is 0.534. The highest BCUT2D eigenvalue weighted by Crippen LogP contribution is 2.27. The van der Waals surface area contributed by atoms with E-state index in [0.717, 1.165) is 17.3 Å². The lowest BCUT2D eigenvalue weighted by Gasteiger charge is -2.18. The zero-order chi connectivity index (χ0) is 21.8. The Hall–Kier alpha value is -3.94. The van der Waals surface area contributed by atoms with Crippen molar-refractivity contribution in [3.8, 4) is 5.75 Å². The summed E-state index contributed by atoms with van der Waals surface area (Å²) in [5, 5.41) is 6.98. The Bertz CT molecular complexity index is 1150. The molecule has 0 spiro atoms. The highest BCUT2D eigenvalue weighted by Gasteiger charge is 2.28. The molecule has 31 heavy (non-hydrogen) atoms. The third kappa shape index (κ3) is 4.48. The largest absolute Gasteiger partial charge is 0.495 e. The van der Waals surface area contributed by atoms with Gasteiger partial charge in [0.2, 0.25) is 11.9 Å². The molecule has 4 rings (SSSR count). The van der Waals surface area contributed by atoms with E-state index >= 15 is 0 Å². The van der Waals surface area contributed by atoms with Crippen LogP contribution in [0.15, 0.2) is 61.3 Å². The molecule has 0 saturated carbocycles. The minimum absolute atomic E-state index is 0.0677. The van der Waals surface area contributed by atoms with Gasteiger partial charge in [-0.25, -0.2) is 9.97 Å². The van der Waals surface area contributed by atoms with Crippen LogP contribution in [0.25, 0.3) is 10.9 Å². The van der Waals surface area contributed by atoms with Crippen molar-refractivity contribution in [2.75, 3.05) is 30.8 Å². The monoisotopic (exact) mass is 417 g/mol. The quantitative estimate of drug-likeness (QED) is 0.599. The van der Waals surface area contributed by atoms with Crippen LogP contribution >= 0.6 is 0 Å². The summed E-state index contributed by atoms with van der Waals surface area (Å²) in [6.07, 6.45) is 3.77. The SMILES string of the molecule is C=CC(=O)Nc1ccc(C(=O)N2CCC(Nc3ncc4ccccc4n3)C2)cc1OC. The fourth-order valence-electron chi connectivity index (χ4n) is 3.58. The number of aromatic nitrogens is 2. The number of fused-ring (bicyclic) bond motifs is 1. The number of amides is 2. The predicted molar refractivity (Wildman–Crippen MR) is 119 cm³/mol. The van der Waals surface area contributed by atoms with Crippen LogP contribution < -0.4 is 15.4 Å². The molecule has 0 bridgehead atoms. The first-order valence-corrected chi connectivity index (χ1v) is 9.96. The zero-order valence-electron chi connectivity index (χ0n) is 17.2. The molecule has 1 fully saturated rings. The Morgan fingerprint density at radius 2 is 2.10 bits per heavy atom. The van der Waals surface area contributed by atoms with Gasteiger partial charge >= 0.3 is 0 Å². The Morgan fingerprint density at radius 3 is 2.90 bits per heavy atom. The third-order valence-corrected chi connectivity index (χ3v) is 5.19. The number of ether oxygens (including phenoxy) is 1. The number of anilines is 2. The average Bonchev–Trinajstić information content (AvgIpc) is 3.27. The number of hydrogen-bond acceptors (Lipinski definition) is 6. The van der Waals surface area contributed by atoms with Gasteiger partial charge < -0.3 is 20.3 Å². The van der Waals surface area contributed by atoms with Gasteiger partial charge in [-0.05, 0) is 36.8 Å². The molecule has 1 saturated heterocycles. The van der Waals surface area contributed by atoms with Crippen molar-refractivity contribution in [2.45, 2.75) is 12.5 Å². The normalized spacial score (nSPS) is 15.5. The zero-order valence-corrected chi connectivity index (χ0v) is 17.2. The van der Waals surface area contributed by atoms with E-state index < -0.39 is 0 Å². The number of hydrogen-bond donors (Lipinski definition) is 2. The molecule has 1 aromatic heterocycles. The van der Waals surface area contributed by atoms with Crippen LogP contribution in [0, 0.1) is 0 Å². The van der Waals surface area contributed by atoms with E-state index in [1.165, 1.54) is 13.2 Å². The van der Waals surface area contributed by atoms with Gasteiger partial charge in [0.1, 0.15) is 5.75 Å². The fraction of sp³-hybridized carbons (Fsp3) is 0.217. The smallest absolute Gasteiger partial charge is 0.254 e. The van der Waals surface area contributed by atoms with E-state index in [9.17, 15) is 9.59 Å². The van der Waals surface area contributed by atoms with Crippen molar-refractivity contribution in [3.05, 3.63) is 66.9 Å². The standard InChI is InChI=1S/C23H23N5O3/c1-3-21(29)26-19-9-8-15(12-20(19)31-2)22(30)28-11-10-17(14-28)25-23-24-13-16-6-4-5-7-18(16)27-23/h3-9,12-13,17H,1,10-11,14H2,2H3,(H,26,29)(H,24,25,27). The molecule has 0 radical (unpaired) electrons. The summed E-state index contributed by atoms with van der Waals surface area (Å²) in [6, 6.07) is 12.8. The van der Waals surface area contributed by atoms with Crippen molar-refractivity contribution in [2.24, 2.45) is 0 Å². The number of carbonyl (C=O) groups excluding carboxylic acids is 2. The highest BCUT2D eigenvalue weighted by atomic mass is 16.5. The molecule has 2 aromatic carbocycles. The second kappa shape index (κ2) is 8.83. The second-order valence-corrected chi connectivity index (χ2v) is 7.24. The maximum absolute atomic E-state index is 13.0. The summed E-state index contributed by atoms with van der Waals surface area (Å²) in [6.45, 7) is 4.61. The average molecular weight is 417 g/mol. The molecule has 3 aromatic rings. The second-order valence-electron chi connectivity index (χ2n) is 7.24. The topological polar surface area (TPSA) is 96.5 Å². The maximum atomic E-state index is 13.0. The summed E-state index contributed by atoms with van der Waals surface area (Å²) < 4.78 is 5.33. The van der Waals surface area contributed by atoms with Crippen LogP contribution in [0.2, 0.25) is 0 Å². The first-order chi connectivity index (χ1) is 15.1. The van der Waals surface area contributed by atoms with E-state index in [1.807, 2.05) is 24.3 Å². The number of rotatable bonds is 6. The van der Waals surface area contributed by atoms with Gasteiger partial charge in [0, 0.05) is 36.3 Å². The van der Waals surface area contributed by atoms with Crippen molar-refractivity contribution < 1.29 is 14.3 Å². The maximum Gasteiger partial charge on any atom is 0.254 e. The Balaban J connectivity index is 1.43. The molecule has 2 N–H and O–H groups in total. The molecule has 1 aliphatic heterocycles. The molecular weight excluding hydrogens is 394 g/mol. The number of carbonyl (C=O) groups is 2. The molecule has 1 aliphatic rings. The van der Waals surface area contributed by atoms with Crippen molar-refractivity contribution in [3.63, 3.8) is 0 Å². The summed E-state index contributed by atoms with van der Waals surface area (Å²) in [4.78, 5) is 35.3. The Kier molecular flexibility index (Phi) is 5.79. The van der Waals surface area contributed by atoms with Gasteiger partial charge in [-0.3, -0.25) is 9.59 Å². The number of methoxy groups -OCH3 is 1. The number of nitrogens with zero attached hydrogens (tertiary/aromatic N) is 3.